The Morgan fingerprint density at radius 3 is 2.78 bits per heavy atom. The van der Waals surface area contributed by atoms with Gasteiger partial charge >= 0.3 is 0 Å². The average Bonchev–Trinajstić information content (AvgIpc) is 2.53. The fraction of sp³-hybridized carbons (Fsp3) is 0.643. The highest BCUT2D eigenvalue weighted by atomic mass is 35.5. The van der Waals surface area contributed by atoms with Gasteiger partial charge in [-0.05, 0) is 18.9 Å². The van der Waals surface area contributed by atoms with Crippen molar-refractivity contribution < 1.29 is 9.53 Å². The van der Waals surface area contributed by atoms with Gasteiger partial charge in [0.1, 0.15) is 0 Å². The lowest BCUT2D eigenvalue weighted by atomic mass is 10.1. The molecule has 23 heavy (non-hydrogen) atoms. The lowest BCUT2D eigenvalue weighted by Gasteiger charge is -2.33. The highest BCUT2D eigenvalue weighted by Crippen LogP contribution is 2.15. The molecule has 1 aromatic rings. The second-order valence-corrected chi connectivity index (χ2v) is 5.20. The van der Waals surface area contributed by atoms with Gasteiger partial charge in [0.25, 0.3) is 0 Å². The van der Waals surface area contributed by atoms with Gasteiger partial charge in [0, 0.05) is 45.2 Å². The molecule has 0 aromatic carbocycles. The van der Waals surface area contributed by atoms with Crippen LogP contribution < -0.4 is 16.0 Å². The van der Waals surface area contributed by atoms with Crippen LogP contribution in [0.25, 0.3) is 0 Å². The first kappa shape index (κ1) is 21.9. The molecule has 132 valence electrons. The first-order valence-electron chi connectivity index (χ1n) is 7.27. The van der Waals surface area contributed by atoms with E-state index in [2.05, 4.69) is 20.2 Å². The molecular formula is C14H25Cl2N5O2. The third-order valence-electron chi connectivity index (χ3n) is 3.63. The molecule has 7 nitrogen and oxygen atoms in total. The summed E-state index contributed by atoms with van der Waals surface area (Å²) in [4.78, 5) is 22.6. The van der Waals surface area contributed by atoms with Gasteiger partial charge in [0.2, 0.25) is 11.9 Å². The lowest BCUT2D eigenvalue weighted by molar-refractivity contribution is -0.124. The second-order valence-electron chi connectivity index (χ2n) is 5.20. The molecule has 2 rings (SSSR count). The topological polar surface area (TPSA) is 93.4 Å². The van der Waals surface area contributed by atoms with E-state index in [4.69, 9.17) is 10.5 Å². The van der Waals surface area contributed by atoms with Crippen LogP contribution in [0.15, 0.2) is 18.5 Å². The third kappa shape index (κ3) is 6.87. The zero-order valence-electron chi connectivity index (χ0n) is 13.2. The van der Waals surface area contributed by atoms with Crippen LogP contribution in [0.1, 0.15) is 19.3 Å². The van der Waals surface area contributed by atoms with E-state index in [0.29, 0.717) is 18.9 Å². The van der Waals surface area contributed by atoms with Crippen molar-refractivity contribution in [2.75, 3.05) is 31.6 Å². The molecule has 3 N–H and O–H groups in total. The smallest absolute Gasteiger partial charge is 0.225 e. The van der Waals surface area contributed by atoms with Crippen molar-refractivity contribution in [1.29, 1.82) is 0 Å². The second kappa shape index (κ2) is 11.4. The van der Waals surface area contributed by atoms with Crippen LogP contribution in [-0.4, -0.2) is 54.8 Å². The molecule has 9 heteroatoms. The summed E-state index contributed by atoms with van der Waals surface area (Å²) < 4.78 is 5.13. The van der Waals surface area contributed by atoms with Gasteiger partial charge in [-0.3, -0.25) is 4.79 Å². The molecule has 1 saturated heterocycles. The molecule has 0 bridgehead atoms. The van der Waals surface area contributed by atoms with Crippen molar-refractivity contribution in [1.82, 2.24) is 15.3 Å². The fourth-order valence-corrected chi connectivity index (χ4v) is 2.49. The number of hydrogen-bond donors (Lipinski definition) is 2. The van der Waals surface area contributed by atoms with Crippen LogP contribution in [0.3, 0.4) is 0 Å². The summed E-state index contributed by atoms with van der Waals surface area (Å²) in [6.45, 7) is 1.99. The maximum Gasteiger partial charge on any atom is 0.225 e. The molecule has 1 aromatic heterocycles. The van der Waals surface area contributed by atoms with Crippen LogP contribution in [0.2, 0.25) is 0 Å². The lowest BCUT2D eigenvalue weighted by Crippen LogP contribution is -2.49. The van der Waals surface area contributed by atoms with Crippen LogP contribution in [0.4, 0.5) is 5.95 Å². The van der Waals surface area contributed by atoms with E-state index in [0.717, 1.165) is 25.9 Å². The number of nitrogens with one attached hydrogen (secondary N) is 1. The molecule has 0 radical (unpaired) electrons. The summed E-state index contributed by atoms with van der Waals surface area (Å²) >= 11 is 0. The maximum atomic E-state index is 12.0. The van der Waals surface area contributed by atoms with Gasteiger partial charge in [-0.25, -0.2) is 9.97 Å². The number of nitrogens with two attached hydrogens (primary N) is 1. The van der Waals surface area contributed by atoms with E-state index in [1.807, 2.05) is 0 Å². The SMILES string of the molecule is COC(CN)CC(=O)NC1CCCN(c2ncccn2)C1.Cl.Cl. The number of ether oxygens (including phenoxy) is 1. The average molecular weight is 366 g/mol. The molecule has 1 amide bonds. The van der Waals surface area contributed by atoms with E-state index in [1.54, 1.807) is 25.6 Å². The summed E-state index contributed by atoms with van der Waals surface area (Å²) in [7, 11) is 1.57. The molecule has 1 aliphatic rings. The normalized spacial score (nSPS) is 18.3. The Labute approximate surface area is 149 Å². The van der Waals surface area contributed by atoms with Gasteiger partial charge < -0.3 is 20.7 Å². The number of halogens is 2. The molecule has 2 atom stereocenters. The monoisotopic (exact) mass is 365 g/mol. The third-order valence-corrected chi connectivity index (χ3v) is 3.63. The van der Waals surface area contributed by atoms with Crippen LogP contribution >= 0.6 is 24.8 Å². The van der Waals surface area contributed by atoms with E-state index < -0.39 is 0 Å². The van der Waals surface area contributed by atoms with Crippen molar-refractivity contribution in [3.8, 4) is 0 Å². The highest BCUT2D eigenvalue weighted by molar-refractivity contribution is 5.85. The molecule has 0 aliphatic carbocycles. The first-order valence-corrected chi connectivity index (χ1v) is 7.27. The standard InChI is InChI=1S/C14H23N5O2.2ClH/c1-21-12(9-15)8-13(20)18-11-4-2-7-19(10-11)14-16-5-3-6-17-14;;/h3,5-6,11-12H,2,4,7-10,15H2,1H3,(H,18,20);2*1H. The number of hydrogen-bond acceptors (Lipinski definition) is 6. The molecule has 2 unspecified atom stereocenters. The Kier molecular flexibility index (Phi) is 10.8. The number of anilines is 1. The van der Waals surface area contributed by atoms with Gasteiger partial charge in [-0.15, -0.1) is 24.8 Å². The minimum Gasteiger partial charge on any atom is -0.380 e. The van der Waals surface area contributed by atoms with Gasteiger partial charge in [0.15, 0.2) is 0 Å². The summed E-state index contributed by atoms with van der Waals surface area (Å²) in [5, 5.41) is 3.05. The number of nitrogens with zero attached hydrogens (tertiary/aromatic N) is 3. The molecule has 1 aliphatic heterocycles. The van der Waals surface area contributed by atoms with Crippen molar-refractivity contribution in [3.05, 3.63) is 18.5 Å². The quantitative estimate of drug-likeness (QED) is 0.773. The van der Waals surface area contributed by atoms with Crippen LogP contribution in [-0.2, 0) is 9.53 Å². The van der Waals surface area contributed by atoms with Crippen molar-refractivity contribution >= 4 is 36.7 Å². The zero-order valence-corrected chi connectivity index (χ0v) is 14.8. The Balaban J connectivity index is 0.00000242. The van der Waals surface area contributed by atoms with Crippen LogP contribution in [0.5, 0.6) is 0 Å². The van der Waals surface area contributed by atoms with Gasteiger partial charge in [-0.2, -0.15) is 0 Å². The molecule has 0 saturated carbocycles. The number of carbonyl (C=O) groups excluding carboxylic acids is 1. The van der Waals surface area contributed by atoms with Crippen molar-refractivity contribution in [2.45, 2.75) is 31.4 Å². The van der Waals surface area contributed by atoms with E-state index in [1.165, 1.54) is 0 Å². The maximum absolute atomic E-state index is 12.0. The highest BCUT2D eigenvalue weighted by Gasteiger charge is 2.23. The van der Waals surface area contributed by atoms with Crippen molar-refractivity contribution in [3.63, 3.8) is 0 Å². The minimum atomic E-state index is -0.220. The number of piperidine rings is 1. The number of amides is 1. The number of aromatic nitrogens is 2. The number of rotatable bonds is 6. The van der Waals surface area contributed by atoms with Gasteiger partial charge in [0.05, 0.1) is 12.5 Å². The van der Waals surface area contributed by atoms with E-state index >= 15 is 0 Å². The predicted octanol–water partition coefficient (Wildman–Crippen LogP) is 0.769. The Hall–Kier alpha value is -1.15. The molecule has 0 spiro atoms. The summed E-state index contributed by atoms with van der Waals surface area (Å²) in [5.41, 5.74) is 5.53. The molecule has 1 fully saturated rings. The van der Waals surface area contributed by atoms with Gasteiger partial charge in [-0.1, -0.05) is 0 Å². The Morgan fingerprint density at radius 1 is 1.48 bits per heavy atom. The zero-order chi connectivity index (χ0) is 15.1. The predicted molar refractivity (Wildman–Crippen MR) is 94.4 cm³/mol. The first-order chi connectivity index (χ1) is 10.2. The largest absolute Gasteiger partial charge is 0.380 e. The Morgan fingerprint density at radius 2 is 2.17 bits per heavy atom. The summed E-state index contributed by atoms with van der Waals surface area (Å²) in [6, 6.07) is 1.91. The number of carbonyl (C=O) groups is 1. The summed E-state index contributed by atoms with van der Waals surface area (Å²) in [5.74, 6) is 0.696. The molecular weight excluding hydrogens is 341 g/mol. The Bertz CT molecular complexity index is 448. The number of methoxy groups -OCH3 is 1. The summed E-state index contributed by atoms with van der Waals surface area (Å²) in [6.07, 6.45) is 5.51. The minimum absolute atomic E-state index is 0. The fourth-order valence-electron chi connectivity index (χ4n) is 2.49. The van der Waals surface area contributed by atoms with Crippen molar-refractivity contribution in [2.24, 2.45) is 5.73 Å². The van der Waals surface area contributed by atoms with E-state index in [-0.39, 0.29) is 42.9 Å². The molecule has 2 heterocycles. The van der Waals surface area contributed by atoms with Crippen LogP contribution in [0, 0.1) is 0 Å². The van der Waals surface area contributed by atoms with E-state index in [9.17, 15) is 4.79 Å².